The van der Waals surface area contributed by atoms with Crippen molar-refractivity contribution in [2.24, 2.45) is 0 Å². The Morgan fingerprint density at radius 3 is 2.15 bits per heavy atom. The molecule has 0 bridgehead atoms. The minimum atomic E-state index is 1.18. The second-order valence-corrected chi connectivity index (χ2v) is 2.89. The second kappa shape index (κ2) is 6.24. The zero-order valence-corrected chi connectivity index (χ0v) is 8.80. The summed E-state index contributed by atoms with van der Waals surface area (Å²) < 4.78 is 0. The fraction of sp³-hybridized carbons (Fsp3) is 0.231. The Kier molecular flexibility index (Phi) is 5.62. The van der Waals surface area contributed by atoms with Gasteiger partial charge < -0.3 is 0 Å². The highest BCUT2D eigenvalue weighted by atomic mass is 14.0. The average molecular weight is 174 g/mol. The third-order valence-corrected chi connectivity index (χ3v) is 1.84. The van der Waals surface area contributed by atoms with E-state index < -0.39 is 0 Å². The second-order valence-electron chi connectivity index (χ2n) is 2.89. The Morgan fingerprint density at radius 1 is 1.15 bits per heavy atom. The summed E-state index contributed by atoms with van der Waals surface area (Å²) in [6.07, 6.45) is 9.77. The Bertz CT molecular complexity index is 272. The van der Waals surface area contributed by atoms with Crippen molar-refractivity contribution < 1.29 is 0 Å². The molecule has 0 aromatic rings. The molecule has 0 nitrogen and oxygen atoms in total. The van der Waals surface area contributed by atoms with Crippen molar-refractivity contribution in [3.8, 4) is 0 Å². The molecule has 0 fully saturated rings. The Labute approximate surface area is 81.7 Å². The molecule has 0 spiro atoms. The van der Waals surface area contributed by atoms with Gasteiger partial charge in [-0.25, -0.2) is 0 Å². The predicted molar refractivity (Wildman–Crippen MR) is 61.7 cm³/mol. The minimum absolute atomic E-state index is 1.18. The molecule has 0 atom stereocenters. The molecule has 13 heavy (non-hydrogen) atoms. The van der Waals surface area contributed by atoms with E-state index in [-0.39, 0.29) is 0 Å². The first-order valence-electron chi connectivity index (χ1n) is 4.43. The maximum absolute atomic E-state index is 3.80. The summed E-state index contributed by atoms with van der Waals surface area (Å²) >= 11 is 0. The van der Waals surface area contributed by atoms with E-state index in [2.05, 4.69) is 33.1 Å². The first-order chi connectivity index (χ1) is 6.17. The van der Waals surface area contributed by atoms with E-state index in [1.165, 1.54) is 16.7 Å². The van der Waals surface area contributed by atoms with E-state index in [4.69, 9.17) is 0 Å². The van der Waals surface area contributed by atoms with Crippen LogP contribution in [-0.4, -0.2) is 0 Å². The van der Waals surface area contributed by atoms with Crippen LogP contribution in [-0.2, 0) is 0 Å². The van der Waals surface area contributed by atoms with E-state index in [1.807, 2.05) is 25.2 Å². The van der Waals surface area contributed by atoms with Crippen LogP contribution in [0.15, 0.2) is 60.3 Å². The smallest absolute Gasteiger partial charge is 0.0204 e. The van der Waals surface area contributed by atoms with Crippen molar-refractivity contribution in [2.45, 2.75) is 20.8 Å². The molecule has 0 heterocycles. The van der Waals surface area contributed by atoms with Gasteiger partial charge in [0.05, 0.1) is 0 Å². The molecule has 0 aromatic carbocycles. The van der Waals surface area contributed by atoms with Gasteiger partial charge in [0.1, 0.15) is 0 Å². The predicted octanol–water partition coefficient (Wildman–Crippen LogP) is 4.20. The molecule has 0 aliphatic rings. The first-order valence-corrected chi connectivity index (χ1v) is 4.43. The van der Waals surface area contributed by atoms with Crippen molar-refractivity contribution in [3.05, 3.63) is 60.3 Å². The Hall–Kier alpha value is -1.30. The van der Waals surface area contributed by atoms with Crippen LogP contribution in [0.1, 0.15) is 20.8 Å². The molecule has 0 aromatic heterocycles. The van der Waals surface area contributed by atoms with Gasteiger partial charge in [-0.2, -0.15) is 0 Å². The van der Waals surface area contributed by atoms with Crippen LogP contribution in [0, 0.1) is 0 Å². The molecule has 0 aliphatic carbocycles. The maximum atomic E-state index is 3.80. The minimum Gasteiger partial charge on any atom is -0.0991 e. The van der Waals surface area contributed by atoms with Crippen LogP contribution < -0.4 is 0 Å². The highest BCUT2D eigenvalue weighted by molar-refractivity contribution is 5.45. The summed E-state index contributed by atoms with van der Waals surface area (Å²) in [4.78, 5) is 0. The first kappa shape index (κ1) is 11.7. The number of allylic oxidation sites excluding steroid dienone is 8. The SMILES string of the molecule is C=C\C=C(C)/C(C=C)=C(C)\C=C/C. The maximum Gasteiger partial charge on any atom is -0.0204 e. The van der Waals surface area contributed by atoms with Crippen LogP contribution in [0.2, 0.25) is 0 Å². The molecule has 0 N–H and O–H groups in total. The fourth-order valence-corrected chi connectivity index (χ4v) is 1.24. The molecule has 0 unspecified atom stereocenters. The highest BCUT2D eigenvalue weighted by Crippen LogP contribution is 2.16. The van der Waals surface area contributed by atoms with Crippen LogP contribution in [0.4, 0.5) is 0 Å². The quantitative estimate of drug-likeness (QED) is 0.560. The zero-order chi connectivity index (χ0) is 10.3. The zero-order valence-electron chi connectivity index (χ0n) is 8.80. The molecule has 0 rings (SSSR count). The summed E-state index contributed by atoms with van der Waals surface area (Å²) in [5.74, 6) is 0. The molecule has 0 amide bonds. The van der Waals surface area contributed by atoms with Gasteiger partial charge >= 0.3 is 0 Å². The van der Waals surface area contributed by atoms with Crippen molar-refractivity contribution in [1.82, 2.24) is 0 Å². The fourth-order valence-electron chi connectivity index (χ4n) is 1.24. The number of rotatable bonds is 4. The third kappa shape index (κ3) is 3.75. The molecule has 70 valence electrons. The van der Waals surface area contributed by atoms with Crippen molar-refractivity contribution >= 4 is 0 Å². The van der Waals surface area contributed by atoms with E-state index in [0.717, 1.165) is 0 Å². The Balaban J connectivity index is 5.09. The third-order valence-electron chi connectivity index (χ3n) is 1.84. The molecule has 0 radical (unpaired) electrons. The monoisotopic (exact) mass is 174 g/mol. The van der Waals surface area contributed by atoms with Crippen molar-refractivity contribution in [3.63, 3.8) is 0 Å². The topological polar surface area (TPSA) is 0 Å². The number of hydrogen-bond acceptors (Lipinski definition) is 0. The van der Waals surface area contributed by atoms with Gasteiger partial charge in [0, 0.05) is 0 Å². The van der Waals surface area contributed by atoms with E-state index in [1.54, 1.807) is 6.08 Å². The lowest BCUT2D eigenvalue weighted by Gasteiger charge is -2.04. The molecule has 0 aliphatic heterocycles. The summed E-state index contributed by atoms with van der Waals surface area (Å²) in [7, 11) is 0. The van der Waals surface area contributed by atoms with Gasteiger partial charge in [0.25, 0.3) is 0 Å². The summed E-state index contributed by atoms with van der Waals surface area (Å²) in [5, 5.41) is 0. The van der Waals surface area contributed by atoms with Crippen LogP contribution in [0.3, 0.4) is 0 Å². The van der Waals surface area contributed by atoms with Crippen LogP contribution in [0.25, 0.3) is 0 Å². The van der Waals surface area contributed by atoms with Crippen molar-refractivity contribution in [1.29, 1.82) is 0 Å². The van der Waals surface area contributed by atoms with Crippen molar-refractivity contribution in [2.75, 3.05) is 0 Å². The number of hydrogen-bond donors (Lipinski definition) is 0. The van der Waals surface area contributed by atoms with Gasteiger partial charge in [-0.05, 0) is 37.5 Å². The summed E-state index contributed by atoms with van der Waals surface area (Å²) in [5.41, 5.74) is 3.60. The van der Waals surface area contributed by atoms with Gasteiger partial charge in [-0.15, -0.1) is 0 Å². The Morgan fingerprint density at radius 2 is 1.77 bits per heavy atom. The highest BCUT2D eigenvalue weighted by Gasteiger charge is 1.96. The average Bonchev–Trinajstić information content (AvgIpc) is 2.06. The largest absolute Gasteiger partial charge is 0.0991 e. The standard InChI is InChI=1S/C13H18/c1-6-9-11(4)13(8-3)12(5)10-7-2/h6-10H,1,3H2,2,4-5H3/b10-7-,11-9-,13-12-. The summed E-state index contributed by atoms with van der Waals surface area (Å²) in [6, 6.07) is 0. The van der Waals surface area contributed by atoms with E-state index >= 15 is 0 Å². The van der Waals surface area contributed by atoms with E-state index in [9.17, 15) is 0 Å². The molecular formula is C13H18. The van der Waals surface area contributed by atoms with Crippen LogP contribution in [0.5, 0.6) is 0 Å². The lowest BCUT2D eigenvalue weighted by atomic mass is 10.0. The van der Waals surface area contributed by atoms with Gasteiger partial charge in [0.2, 0.25) is 0 Å². The lowest BCUT2D eigenvalue weighted by Crippen LogP contribution is -1.84. The molecule has 0 saturated carbocycles. The molecule has 0 saturated heterocycles. The normalized spacial score (nSPS) is 14.2. The summed E-state index contributed by atoms with van der Waals surface area (Å²) in [6.45, 7) is 13.6. The molecule has 0 heteroatoms. The van der Waals surface area contributed by atoms with Gasteiger partial charge in [-0.3, -0.25) is 0 Å². The van der Waals surface area contributed by atoms with Gasteiger partial charge in [-0.1, -0.05) is 43.5 Å². The van der Waals surface area contributed by atoms with E-state index in [0.29, 0.717) is 0 Å². The van der Waals surface area contributed by atoms with Gasteiger partial charge in [0.15, 0.2) is 0 Å². The van der Waals surface area contributed by atoms with Crippen LogP contribution >= 0.6 is 0 Å². The lowest BCUT2D eigenvalue weighted by molar-refractivity contribution is 1.34. The molecular weight excluding hydrogens is 156 g/mol.